The Kier molecular flexibility index (Phi) is 5.43. The van der Waals surface area contributed by atoms with Crippen LogP contribution in [-0.2, 0) is 6.42 Å². The van der Waals surface area contributed by atoms with Gasteiger partial charge in [-0.15, -0.1) is 0 Å². The molecule has 2 rings (SSSR count). The van der Waals surface area contributed by atoms with Gasteiger partial charge in [0.05, 0.1) is 10.7 Å². The van der Waals surface area contributed by atoms with Crippen LogP contribution in [0, 0.1) is 0 Å². The number of thioether (sulfide) groups is 1. The van der Waals surface area contributed by atoms with Crippen LogP contribution in [0.15, 0.2) is 18.2 Å². The van der Waals surface area contributed by atoms with Crippen LogP contribution in [0.1, 0.15) is 25.3 Å². The molecule has 1 fully saturated rings. The van der Waals surface area contributed by atoms with E-state index in [4.69, 9.17) is 17.3 Å². The van der Waals surface area contributed by atoms with Gasteiger partial charge < -0.3 is 10.6 Å². The second kappa shape index (κ2) is 6.87. The molecule has 2 atom stereocenters. The Morgan fingerprint density at radius 1 is 1.53 bits per heavy atom. The summed E-state index contributed by atoms with van der Waals surface area (Å²) in [4.78, 5) is 2.33. The fourth-order valence-electron chi connectivity index (χ4n) is 2.43. The van der Waals surface area contributed by atoms with Gasteiger partial charge in [0.2, 0.25) is 0 Å². The highest BCUT2D eigenvalue weighted by Crippen LogP contribution is 2.31. The summed E-state index contributed by atoms with van der Waals surface area (Å²) in [7, 11) is 2.15. The third-order valence-corrected chi connectivity index (χ3v) is 5.32. The normalized spacial score (nSPS) is 20.5. The Hall–Kier alpha value is -0.380. The Labute approximate surface area is 125 Å². The molecule has 0 amide bonds. The number of rotatable bonds is 5. The monoisotopic (exact) mass is 298 g/mol. The number of halogens is 1. The number of hydrogen-bond acceptors (Lipinski definition) is 3. The first kappa shape index (κ1) is 15.0. The van der Waals surface area contributed by atoms with Crippen molar-refractivity contribution in [1.29, 1.82) is 0 Å². The first-order valence-electron chi connectivity index (χ1n) is 6.96. The molecule has 2 unspecified atom stereocenters. The van der Waals surface area contributed by atoms with Gasteiger partial charge in [0.1, 0.15) is 0 Å². The molecule has 0 spiro atoms. The molecule has 1 aromatic rings. The molecule has 19 heavy (non-hydrogen) atoms. The van der Waals surface area contributed by atoms with Crippen LogP contribution < -0.4 is 10.6 Å². The number of nitrogens with two attached hydrogens (primary N) is 1. The van der Waals surface area contributed by atoms with Crippen molar-refractivity contribution in [3.05, 3.63) is 28.8 Å². The van der Waals surface area contributed by atoms with Crippen molar-refractivity contribution in [3.8, 4) is 0 Å². The van der Waals surface area contributed by atoms with E-state index in [0.717, 1.165) is 23.6 Å². The van der Waals surface area contributed by atoms with Crippen molar-refractivity contribution in [2.45, 2.75) is 38.3 Å². The van der Waals surface area contributed by atoms with Crippen LogP contribution in [0.5, 0.6) is 0 Å². The first-order chi connectivity index (χ1) is 9.11. The second-order valence-corrected chi connectivity index (χ2v) is 6.84. The lowest BCUT2D eigenvalue weighted by molar-refractivity contribution is 0.646. The van der Waals surface area contributed by atoms with Crippen molar-refractivity contribution < 1.29 is 0 Å². The molecular weight excluding hydrogens is 276 g/mol. The molecular formula is C15H23ClN2S. The minimum atomic E-state index is 0.228. The Bertz CT molecular complexity index is 419. The lowest BCUT2D eigenvalue weighted by Crippen LogP contribution is -2.31. The molecule has 1 aromatic carbocycles. The number of hydrogen-bond donors (Lipinski definition) is 1. The van der Waals surface area contributed by atoms with Gasteiger partial charge in [-0.3, -0.25) is 0 Å². The summed E-state index contributed by atoms with van der Waals surface area (Å²) in [5.41, 5.74) is 8.37. The summed E-state index contributed by atoms with van der Waals surface area (Å²) in [5, 5.41) is 0.847. The van der Waals surface area contributed by atoms with Gasteiger partial charge >= 0.3 is 0 Å². The Morgan fingerprint density at radius 2 is 2.32 bits per heavy atom. The second-order valence-electron chi connectivity index (χ2n) is 5.29. The largest absolute Gasteiger partial charge is 0.370 e. The molecule has 4 heteroatoms. The third-order valence-electron chi connectivity index (χ3n) is 3.87. The minimum Gasteiger partial charge on any atom is -0.370 e. The number of benzene rings is 1. The highest BCUT2D eigenvalue weighted by Gasteiger charge is 2.21. The quantitative estimate of drug-likeness (QED) is 0.901. The summed E-state index contributed by atoms with van der Waals surface area (Å²) in [6, 6.07) is 7.22. The average Bonchev–Trinajstić information content (AvgIpc) is 2.92. The summed E-state index contributed by atoms with van der Waals surface area (Å²) in [6.45, 7) is 2.12. The standard InChI is InChI=1S/C15H23ClN2S/c1-3-12(17)8-11-4-5-15(14(16)9-11)18(2)13-6-7-19-10-13/h4-5,9,12-13H,3,6-8,10,17H2,1-2H3. The Balaban J connectivity index is 2.09. The van der Waals surface area contributed by atoms with Gasteiger partial charge in [0.15, 0.2) is 0 Å². The molecule has 2 N–H and O–H groups in total. The van der Waals surface area contributed by atoms with E-state index in [1.54, 1.807) is 0 Å². The zero-order valence-corrected chi connectivity index (χ0v) is 13.3. The molecule has 1 aliphatic rings. The maximum atomic E-state index is 6.44. The summed E-state index contributed by atoms with van der Waals surface area (Å²) in [5.74, 6) is 2.46. The molecule has 0 radical (unpaired) electrons. The number of anilines is 1. The molecule has 1 heterocycles. The van der Waals surface area contributed by atoms with E-state index in [-0.39, 0.29) is 6.04 Å². The maximum Gasteiger partial charge on any atom is 0.0642 e. The molecule has 0 saturated carbocycles. The van der Waals surface area contributed by atoms with E-state index in [1.165, 1.54) is 23.5 Å². The Morgan fingerprint density at radius 3 is 2.89 bits per heavy atom. The molecule has 106 valence electrons. The molecule has 0 aliphatic carbocycles. The predicted octanol–water partition coefficient (Wildman–Crippen LogP) is 3.56. The van der Waals surface area contributed by atoms with Crippen molar-refractivity contribution >= 4 is 29.1 Å². The topological polar surface area (TPSA) is 29.3 Å². The molecule has 0 aromatic heterocycles. The van der Waals surface area contributed by atoms with Gasteiger partial charge in [-0.1, -0.05) is 24.6 Å². The zero-order chi connectivity index (χ0) is 13.8. The third kappa shape index (κ3) is 3.80. The molecule has 1 aliphatic heterocycles. The molecule has 1 saturated heterocycles. The highest BCUT2D eigenvalue weighted by atomic mass is 35.5. The van der Waals surface area contributed by atoms with Crippen LogP contribution in [-0.4, -0.2) is 30.6 Å². The van der Waals surface area contributed by atoms with Crippen LogP contribution in [0.4, 0.5) is 5.69 Å². The number of nitrogens with zero attached hydrogens (tertiary/aromatic N) is 1. The maximum absolute atomic E-state index is 6.44. The highest BCUT2D eigenvalue weighted by molar-refractivity contribution is 7.99. The SMILES string of the molecule is CCC(N)Cc1ccc(N(C)C2CCSC2)c(Cl)c1. The van der Waals surface area contributed by atoms with E-state index in [0.29, 0.717) is 6.04 Å². The zero-order valence-electron chi connectivity index (χ0n) is 11.7. The van der Waals surface area contributed by atoms with Gasteiger partial charge in [-0.25, -0.2) is 0 Å². The molecule has 2 nitrogen and oxygen atoms in total. The van der Waals surface area contributed by atoms with Crippen molar-refractivity contribution in [1.82, 2.24) is 0 Å². The van der Waals surface area contributed by atoms with Crippen molar-refractivity contribution in [2.24, 2.45) is 5.73 Å². The van der Waals surface area contributed by atoms with E-state index in [1.807, 2.05) is 11.8 Å². The van der Waals surface area contributed by atoms with Gasteiger partial charge in [0.25, 0.3) is 0 Å². The fourth-order valence-corrected chi connectivity index (χ4v) is 4.04. The van der Waals surface area contributed by atoms with Crippen LogP contribution in [0.3, 0.4) is 0 Å². The molecule has 0 bridgehead atoms. The van der Waals surface area contributed by atoms with Crippen molar-refractivity contribution in [3.63, 3.8) is 0 Å². The predicted molar refractivity (Wildman–Crippen MR) is 87.6 cm³/mol. The van der Waals surface area contributed by atoms with Crippen LogP contribution >= 0.6 is 23.4 Å². The van der Waals surface area contributed by atoms with Crippen LogP contribution in [0.2, 0.25) is 5.02 Å². The van der Waals surface area contributed by atoms with Gasteiger partial charge in [-0.2, -0.15) is 11.8 Å². The van der Waals surface area contributed by atoms with E-state index < -0.39 is 0 Å². The van der Waals surface area contributed by atoms with Gasteiger partial charge in [-0.05, 0) is 42.7 Å². The average molecular weight is 299 g/mol. The van der Waals surface area contributed by atoms with E-state index in [9.17, 15) is 0 Å². The fraction of sp³-hybridized carbons (Fsp3) is 0.600. The van der Waals surface area contributed by atoms with Gasteiger partial charge in [0, 0.05) is 24.9 Å². The lowest BCUT2D eigenvalue weighted by atomic mass is 10.0. The van der Waals surface area contributed by atoms with E-state index in [2.05, 4.69) is 37.1 Å². The first-order valence-corrected chi connectivity index (χ1v) is 8.49. The summed E-state index contributed by atoms with van der Waals surface area (Å²) >= 11 is 8.46. The van der Waals surface area contributed by atoms with Crippen molar-refractivity contribution in [2.75, 3.05) is 23.5 Å². The summed E-state index contributed by atoms with van der Waals surface area (Å²) < 4.78 is 0. The summed E-state index contributed by atoms with van der Waals surface area (Å²) in [6.07, 6.45) is 3.15. The lowest BCUT2D eigenvalue weighted by Gasteiger charge is -2.27. The van der Waals surface area contributed by atoms with E-state index >= 15 is 0 Å². The smallest absolute Gasteiger partial charge is 0.0642 e. The van der Waals surface area contributed by atoms with Crippen LogP contribution in [0.25, 0.3) is 0 Å². The minimum absolute atomic E-state index is 0.228.